The molecule has 0 saturated heterocycles. The van der Waals surface area contributed by atoms with Gasteiger partial charge in [0.1, 0.15) is 16.5 Å². The molecule has 0 spiro atoms. The minimum absolute atomic E-state index is 0.264. The highest BCUT2D eigenvalue weighted by atomic mass is 31.1. The molecule has 0 aromatic heterocycles. The normalized spacial score (nSPS) is 15.3. The van der Waals surface area contributed by atoms with E-state index in [1.54, 1.807) is 0 Å². The Kier molecular flexibility index (Phi) is 6.91. The van der Waals surface area contributed by atoms with Crippen molar-refractivity contribution in [1.82, 2.24) is 4.00 Å². The zero-order chi connectivity index (χ0) is 16.5. The number of nitrogens with zero attached hydrogens (tertiary/aromatic N) is 1. The Morgan fingerprint density at radius 3 is 1.40 bits per heavy atom. The smallest absolute Gasteiger partial charge is 0.116 e. The largest absolute Gasteiger partial charge is 0.321 e. The van der Waals surface area contributed by atoms with Crippen LogP contribution >= 0.6 is 8.07 Å². The summed E-state index contributed by atoms with van der Waals surface area (Å²) in [6.45, 7) is 33.2. The molecule has 1 nitrogen and oxygen atoms in total. The highest BCUT2D eigenvalue weighted by Gasteiger charge is 2.41. The lowest BCUT2D eigenvalue weighted by Crippen LogP contribution is -2.57. The summed E-state index contributed by atoms with van der Waals surface area (Å²) in [6, 6.07) is 0. The monoisotopic (exact) mass is 345 g/mol. The first-order valence-electron chi connectivity index (χ1n) is 7.50. The summed E-state index contributed by atoms with van der Waals surface area (Å²) in [7, 11) is -4.08. The quantitative estimate of drug-likeness (QED) is 0.296. The van der Waals surface area contributed by atoms with Crippen LogP contribution in [-0.2, 0) is 0 Å². The van der Waals surface area contributed by atoms with E-state index >= 15 is 0 Å². The van der Waals surface area contributed by atoms with Gasteiger partial charge in [0.15, 0.2) is 0 Å². The maximum atomic E-state index is 4.44. The maximum absolute atomic E-state index is 4.44. The molecule has 118 valence electrons. The van der Waals surface area contributed by atoms with Gasteiger partial charge < -0.3 is 4.00 Å². The molecule has 0 aromatic rings. The van der Waals surface area contributed by atoms with Crippen LogP contribution in [0.3, 0.4) is 0 Å². The van der Waals surface area contributed by atoms with Gasteiger partial charge in [0.05, 0.1) is 8.07 Å². The van der Waals surface area contributed by atoms with Crippen LogP contribution in [0.4, 0.5) is 0 Å². The number of hydrogen-bond donors (Lipinski definition) is 0. The van der Waals surface area contributed by atoms with E-state index < -0.39 is 24.5 Å². The van der Waals surface area contributed by atoms with Crippen molar-refractivity contribution < 1.29 is 0 Å². The lowest BCUT2D eigenvalue weighted by Gasteiger charge is -2.50. The molecule has 0 amide bonds. The molecule has 5 heteroatoms. The zero-order valence-electron chi connectivity index (χ0n) is 15.5. The summed E-state index contributed by atoms with van der Waals surface area (Å²) in [6.07, 6.45) is 0. The van der Waals surface area contributed by atoms with Crippen LogP contribution in [-0.4, -0.2) is 34.3 Å². The Balaban J connectivity index is 5.79. The van der Waals surface area contributed by atoms with E-state index in [4.69, 9.17) is 0 Å². The second-order valence-corrected chi connectivity index (χ2v) is 27.9. The SMILES string of the molecule is C=C(C)C(=C)P(C[Si](C)(C)C)N([Si](C)(C)C)[Si](C)(C)C. The third-order valence-corrected chi connectivity index (χ3v) is 21.0. The fourth-order valence-corrected chi connectivity index (χ4v) is 24.1. The lowest BCUT2D eigenvalue weighted by molar-refractivity contribution is 0.971. The van der Waals surface area contributed by atoms with Gasteiger partial charge in [-0.3, -0.25) is 0 Å². The van der Waals surface area contributed by atoms with Crippen LogP contribution in [0.1, 0.15) is 6.92 Å². The average molecular weight is 346 g/mol. The van der Waals surface area contributed by atoms with Crippen molar-refractivity contribution in [1.29, 1.82) is 0 Å². The molecule has 0 heterocycles. The van der Waals surface area contributed by atoms with Gasteiger partial charge in [-0.2, -0.15) is 0 Å². The fourth-order valence-electron chi connectivity index (χ4n) is 2.69. The molecule has 0 saturated carbocycles. The molecular weight excluding hydrogens is 309 g/mol. The van der Waals surface area contributed by atoms with Crippen LogP contribution < -0.4 is 0 Å². The number of allylic oxidation sites excluding steroid dienone is 2. The van der Waals surface area contributed by atoms with Gasteiger partial charge in [-0.1, -0.05) is 72.1 Å². The van der Waals surface area contributed by atoms with Gasteiger partial charge in [-0.25, -0.2) is 0 Å². The van der Waals surface area contributed by atoms with Gasteiger partial charge in [-0.15, -0.1) is 0 Å². The molecule has 0 aliphatic carbocycles. The summed E-state index contributed by atoms with van der Waals surface area (Å²) >= 11 is 0. The number of rotatable bonds is 7. The highest BCUT2D eigenvalue weighted by molar-refractivity contribution is 7.66. The first kappa shape index (κ1) is 20.5. The van der Waals surface area contributed by atoms with Crippen molar-refractivity contribution in [2.45, 2.75) is 65.8 Å². The predicted molar refractivity (Wildman–Crippen MR) is 108 cm³/mol. The standard InChI is InChI=1S/C15H36NPSi3/c1-14(2)15(3)17(13-18(4,5)6)16(19(7,8)9)20(10,11)12/h1,3,13H2,2,4-12H3. The second kappa shape index (κ2) is 6.74. The van der Waals surface area contributed by atoms with Gasteiger partial charge in [0, 0.05) is 0 Å². The van der Waals surface area contributed by atoms with E-state index in [9.17, 15) is 0 Å². The minimum Gasteiger partial charge on any atom is -0.321 e. The fraction of sp³-hybridized carbons (Fsp3) is 0.733. The molecule has 1 unspecified atom stereocenters. The molecule has 0 aromatic carbocycles. The lowest BCUT2D eigenvalue weighted by atomic mass is 10.3. The minimum atomic E-state index is -1.35. The Hall–Kier alpha value is 0.521. The summed E-state index contributed by atoms with van der Waals surface area (Å²) in [5, 5.41) is 1.34. The third kappa shape index (κ3) is 6.52. The predicted octanol–water partition coefficient (Wildman–Crippen LogP) is 6.32. The van der Waals surface area contributed by atoms with Crippen molar-refractivity contribution >= 4 is 32.6 Å². The number of hydrogen-bond acceptors (Lipinski definition) is 1. The summed E-state index contributed by atoms with van der Waals surface area (Å²) in [5.74, 6) is 1.36. The van der Waals surface area contributed by atoms with Crippen molar-refractivity contribution in [2.75, 3.05) is 5.79 Å². The first-order valence-corrected chi connectivity index (χ1v) is 19.6. The van der Waals surface area contributed by atoms with Crippen molar-refractivity contribution in [3.63, 3.8) is 0 Å². The molecule has 20 heavy (non-hydrogen) atoms. The average Bonchev–Trinajstić information content (AvgIpc) is 2.08. The Morgan fingerprint density at radius 2 is 1.20 bits per heavy atom. The van der Waals surface area contributed by atoms with Crippen LogP contribution in [0.15, 0.2) is 24.0 Å². The molecule has 1 atom stereocenters. The molecule has 0 N–H and O–H groups in total. The second-order valence-electron chi connectivity index (χ2n) is 9.00. The topological polar surface area (TPSA) is 3.24 Å². The highest BCUT2D eigenvalue weighted by Crippen LogP contribution is 2.56. The zero-order valence-corrected chi connectivity index (χ0v) is 19.4. The third-order valence-electron chi connectivity index (χ3n) is 2.94. The van der Waals surface area contributed by atoms with Gasteiger partial charge in [-0.05, 0) is 31.7 Å². The summed E-state index contributed by atoms with van der Waals surface area (Å²) < 4.78 is 2.98. The Labute approximate surface area is 132 Å². The molecule has 0 radical (unpaired) electrons. The molecule has 0 aliphatic heterocycles. The molecule has 0 bridgehead atoms. The molecule has 0 aliphatic rings. The van der Waals surface area contributed by atoms with Crippen LogP contribution in [0.2, 0.25) is 58.9 Å². The van der Waals surface area contributed by atoms with Crippen LogP contribution in [0.5, 0.6) is 0 Å². The van der Waals surface area contributed by atoms with Crippen molar-refractivity contribution in [3.05, 3.63) is 24.0 Å². The van der Waals surface area contributed by atoms with E-state index in [0.717, 1.165) is 0 Å². The summed E-state index contributed by atoms with van der Waals surface area (Å²) in [4.78, 5) is 0. The van der Waals surface area contributed by atoms with Crippen LogP contribution in [0, 0.1) is 0 Å². The van der Waals surface area contributed by atoms with E-state index in [1.165, 1.54) is 16.7 Å². The Morgan fingerprint density at radius 1 is 0.850 bits per heavy atom. The maximum Gasteiger partial charge on any atom is 0.116 e. The van der Waals surface area contributed by atoms with Gasteiger partial charge in [0.2, 0.25) is 0 Å². The first-order chi connectivity index (χ1) is 8.57. The van der Waals surface area contributed by atoms with Gasteiger partial charge in [0.25, 0.3) is 0 Å². The van der Waals surface area contributed by atoms with Gasteiger partial charge >= 0.3 is 0 Å². The summed E-state index contributed by atoms with van der Waals surface area (Å²) in [5.41, 5.74) is 1.19. The van der Waals surface area contributed by atoms with E-state index in [1.807, 2.05) is 0 Å². The van der Waals surface area contributed by atoms with Crippen molar-refractivity contribution in [3.8, 4) is 0 Å². The Bertz CT molecular complexity index is 358. The van der Waals surface area contributed by atoms with E-state index in [-0.39, 0.29) is 8.07 Å². The molecule has 0 fully saturated rings. The van der Waals surface area contributed by atoms with Crippen molar-refractivity contribution in [2.24, 2.45) is 0 Å². The van der Waals surface area contributed by atoms with Crippen LogP contribution in [0.25, 0.3) is 0 Å². The molecular formula is C15H36NPSi3. The molecule has 0 rings (SSSR count). The van der Waals surface area contributed by atoms with E-state index in [2.05, 4.69) is 83.0 Å². The van der Waals surface area contributed by atoms with E-state index in [0.29, 0.717) is 0 Å².